The molecule has 186 valence electrons. The summed E-state index contributed by atoms with van der Waals surface area (Å²) in [5, 5.41) is 4.40. The molecule has 5 aromatic rings. The van der Waals surface area contributed by atoms with Crippen LogP contribution in [-0.4, -0.2) is 56.0 Å². The van der Waals surface area contributed by atoms with Crippen LogP contribution in [-0.2, 0) is 21.2 Å². The Morgan fingerprint density at radius 2 is 1.75 bits per heavy atom. The van der Waals surface area contributed by atoms with Crippen molar-refractivity contribution in [3.8, 4) is 17.0 Å². The van der Waals surface area contributed by atoms with E-state index in [2.05, 4.69) is 34.7 Å². The number of ether oxygens (including phenoxy) is 2. The normalized spacial score (nSPS) is 12.1. The highest BCUT2D eigenvalue weighted by Crippen LogP contribution is 2.27. The Labute approximate surface area is 214 Å². The molecule has 0 atom stereocenters. The molecule has 5 rings (SSSR count). The Kier molecular flexibility index (Phi) is 7.06. The molecule has 0 bridgehead atoms. The van der Waals surface area contributed by atoms with Crippen LogP contribution in [0.2, 0.25) is 0 Å². The number of nitrogens with zero attached hydrogens (tertiary/aromatic N) is 3. The van der Waals surface area contributed by atoms with Gasteiger partial charge in [-0.05, 0) is 41.1 Å². The monoisotopic (exact) mass is 521 g/mol. The Morgan fingerprint density at radius 3 is 2.50 bits per heavy atom. The summed E-state index contributed by atoms with van der Waals surface area (Å²) in [5.74, 6) is 0.611. The van der Waals surface area contributed by atoms with E-state index < -0.39 is 10.0 Å². The molecular weight excluding hydrogens is 494 g/mol. The molecule has 0 amide bonds. The Hall–Kier alpha value is -3.24. The molecule has 2 heterocycles. The number of sulfonamides is 1. The lowest BCUT2D eigenvalue weighted by Crippen LogP contribution is -2.35. The van der Waals surface area contributed by atoms with Crippen LogP contribution in [0.5, 0.6) is 5.75 Å². The van der Waals surface area contributed by atoms with Crippen molar-refractivity contribution in [2.75, 3.05) is 33.9 Å². The van der Waals surface area contributed by atoms with E-state index in [1.807, 2.05) is 23.7 Å². The zero-order valence-electron chi connectivity index (χ0n) is 20.1. The van der Waals surface area contributed by atoms with Crippen LogP contribution >= 0.6 is 11.3 Å². The van der Waals surface area contributed by atoms with Crippen molar-refractivity contribution in [2.45, 2.75) is 11.3 Å². The molecule has 0 spiro atoms. The van der Waals surface area contributed by atoms with Gasteiger partial charge in [-0.1, -0.05) is 36.4 Å². The second-order valence-electron chi connectivity index (χ2n) is 8.39. The van der Waals surface area contributed by atoms with Crippen molar-refractivity contribution in [2.24, 2.45) is 0 Å². The highest BCUT2D eigenvalue weighted by molar-refractivity contribution is 7.89. The molecule has 0 radical (unpaired) electrons. The number of benzene rings is 3. The molecule has 0 aliphatic carbocycles. The molecule has 0 fully saturated rings. The molecule has 36 heavy (non-hydrogen) atoms. The Bertz CT molecular complexity index is 1590. The largest absolute Gasteiger partial charge is 0.497 e. The lowest BCUT2D eigenvalue weighted by atomic mass is 10.1. The van der Waals surface area contributed by atoms with Crippen LogP contribution in [0.15, 0.2) is 83.2 Å². The molecule has 9 heteroatoms. The van der Waals surface area contributed by atoms with Gasteiger partial charge in [0.15, 0.2) is 4.96 Å². The van der Waals surface area contributed by atoms with Gasteiger partial charge in [-0.15, -0.1) is 11.3 Å². The highest BCUT2D eigenvalue weighted by Gasteiger charge is 2.24. The minimum absolute atomic E-state index is 0.232. The summed E-state index contributed by atoms with van der Waals surface area (Å²) in [5.41, 5.74) is 2.97. The maximum atomic E-state index is 13.4. The molecule has 0 aliphatic heterocycles. The minimum Gasteiger partial charge on any atom is -0.497 e. The predicted molar refractivity (Wildman–Crippen MR) is 143 cm³/mol. The van der Waals surface area contributed by atoms with Gasteiger partial charge in [0, 0.05) is 49.5 Å². The summed E-state index contributed by atoms with van der Waals surface area (Å²) in [6.07, 6.45) is 2.58. The second-order valence-corrected chi connectivity index (χ2v) is 11.2. The number of hydrogen-bond donors (Lipinski definition) is 0. The molecule has 2 aromatic heterocycles. The summed E-state index contributed by atoms with van der Waals surface area (Å²) < 4.78 is 40.6. The van der Waals surface area contributed by atoms with Gasteiger partial charge in [-0.3, -0.25) is 4.40 Å². The fourth-order valence-corrected chi connectivity index (χ4v) is 6.51. The third-order valence-corrected chi connectivity index (χ3v) is 8.99. The number of aromatic nitrogens is 2. The standard InChI is InChI=1S/C27H27N3O4S2/c1-33-16-15-29(36(31,32)25-11-9-24(34-2)10-12-25)14-13-23-19-35-27-28-26(18-30(23)27)22-8-7-20-5-3-4-6-21(20)17-22/h3-12,17-19H,13-16H2,1-2H3. The first-order chi connectivity index (χ1) is 17.5. The summed E-state index contributed by atoms with van der Waals surface area (Å²) in [4.78, 5) is 5.93. The van der Waals surface area contributed by atoms with E-state index in [1.165, 1.54) is 15.1 Å². The summed E-state index contributed by atoms with van der Waals surface area (Å²) in [7, 11) is -0.564. The van der Waals surface area contributed by atoms with Crippen molar-refractivity contribution < 1.29 is 17.9 Å². The van der Waals surface area contributed by atoms with Crippen LogP contribution in [0.25, 0.3) is 27.0 Å². The van der Waals surface area contributed by atoms with E-state index in [1.54, 1.807) is 49.8 Å². The fourth-order valence-electron chi connectivity index (χ4n) is 4.18. The molecular formula is C27H27N3O4S2. The van der Waals surface area contributed by atoms with Crippen LogP contribution in [0.4, 0.5) is 0 Å². The first kappa shape index (κ1) is 24.5. The lowest BCUT2D eigenvalue weighted by molar-refractivity contribution is 0.179. The minimum atomic E-state index is -3.69. The number of methoxy groups -OCH3 is 2. The zero-order chi connectivity index (χ0) is 25.1. The van der Waals surface area contributed by atoms with Gasteiger partial charge in [0.1, 0.15) is 5.75 Å². The van der Waals surface area contributed by atoms with Gasteiger partial charge >= 0.3 is 0 Å². The molecule has 0 saturated heterocycles. The third-order valence-electron chi connectivity index (χ3n) is 6.19. The van der Waals surface area contributed by atoms with E-state index in [4.69, 9.17) is 14.5 Å². The van der Waals surface area contributed by atoms with Crippen molar-refractivity contribution >= 4 is 37.1 Å². The first-order valence-electron chi connectivity index (χ1n) is 11.6. The van der Waals surface area contributed by atoms with Gasteiger partial charge < -0.3 is 9.47 Å². The maximum Gasteiger partial charge on any atom is 0.243 e. The number of rotatable bonds is 10. The van der Waals surface area contributed by atoms with Gasteiger partial charge in [-0.25, -0.2) is 13.4 Å². The van der Waals surface area contributed by atoms with Crippen molar-refractivity contribution in [3.63, 3.8) is 0 Å². The van der Waals surface area contributed by atoms with E-state index in [0.717, 1.165) is 21.9 Å². The molecule has 3 aromatic carbocycles. The van der Waals surface area contributed by atoms with Crippen LogP contribution in [0, 0.1) is 0 Å². The highest BCUT2D eigenvalue weighted by atomic mass is 32.2. The van der Waals surface area contributed by atoms with Gasteiger partial charge in [0.25, 0.3) is 0 Å². The van der Waals surface area contributed by atoms with Crippen molar-refractivity contribution in [1.29, 1.82) is 0 Å². The third kappa shape index (κ3) is 4.87. The predicted octanol–water partition coefficient (Wildman–Crippen LogP) is 5.10. The molecule has 0 aliphatic rings. The van der Waals surface area contributed by atoms with E-state index in [9.17, 15) is 8.42 Å². The number of hydrogen-bond acceptors (Lipinski definition) is 6. The second kappa shape index (κ2) is 10.4. The van der Waals surface area contributed by atoms with E-state index >= 15 is 0 Å². The average Bonchev–Trinajstić information content (AvgIpc) is 3.50. The summed E-state index contributed by atoms with van der Waals surface area (Å²) in [6.45, 7) is 0.906. The lowest BCUT2D eigenvalue weighted by Gasteiger charge is -2.22. The Morgan fingerprint density at radius 1 is 0.972 bits per heavy atom. The zero-order valence-corrected chi connectivity index (χ0v) is 21.8. The topological polar surface area (TPSA) is 73.1 Å². The molecule has 7 nitrogen and oxygen atoms in total. The molecule has 0 N–H and O–H groups in total. The SMILES string of the molecule is COCCN(CCc1csc2nc(-c3ccc4ccccc4c3)cn12)S(=O)(=O)c1ccc(OC)cc1. The fraction of sp³-hybridized carbons (Fsp3) is 0.222. The number of thiazole rings is 1. The number of imidazole rings is 1. The first-order valence-corrected chi connectivity index (χ1v) is 13.9. The maximum absolute atomic E-state index is 13.4. The average molecular weight is 522 g/mol. The quantitative estimate of drug-likeness (QED) is 0.256. The van der Waals surface area contributed by atoms with Crippen molar-refractivity contribution in [3.05, 3.63) is 84.0 Å². The van der Waals surface area contributed by atoms with Gasteiger partial charge in [0.2, 0.25) is 10.0 Å². The summed E-state index contributed by atoms with van der Waals surface area (Å²) >= 11 is 1.56. The Balaban J connectivity index is 1.38. The van der Waals surface area contributed by atoms with Crippen LogP contribution in [0.1, 0.15) is 5.69 Å². The smallest absolute Gasteiger partial charge is 0.243 e. The molecule has 0 unspecified atom stereocenters. The van der Waals surface area contributed by atoms with Crippen molar-refractivity contribution in [1.82, 2.24) is 13.7 Å². The number of fused-ring (bicyclic) bond motifs is 2. The summed E-state index contributed by atoms with van der Waals surface area (Å²) in [6, 6.07) is 21.1. The van der Waals surface area contributed by atoms with Crippen LogP contribution < -0.4 is 4.74 Å². The van der Waals surface area contributed by atoms with E-state index in [-0.39, 0.29) is 11.4 Å². The van der Waals surface area contributed by atoms with Gasteiger partial charge in [0.05, 0.1) is 24.3 Å². The molecule has 0 saturated carbocycles. The van der Waals surface area contributed by atoms with Crippen LogP contribution in [0.3, 0.4) is 0 Å². The van der Waals surface area contributed by atoms with E-state index in [0.29, 0.717) is 25.3 Å². The van der Waals surface area contributed by atoms with Gasteiger partial charge in [-0.2, -0.15) is 4.31 Å².